The Morgan fingerprint density at radius 3 is 2.83 bits per heavy atom. The summed E-state index contributed by atoms with van der Waals surface area (Å²) in [7, 11) is 0. The normalized spacial score (nSPS) is 15.4. The predicted octanol–water partition coefficient (Wildman–Crippen LogP) is 2.15. The zero-order valence-corrected chi connectivity index (χ0v) is 14.5. The minimum Gasteiger partial charge on any atom is -0.348 e. The van der Waals surface area contributed by atoms with E-state index < -0.39 is 0 Å². The Labute approximate surface area is 143 Å². The van der Waals surface area contributed by atoms with Crippen molar-refractivity contribution in [3.63, 3.8) is 0 Å². The average molecular weight is 326 g/mol. The zero-order valence-electron chi connectivity index (χ0n) is 14.5. The molecule has 0 fully saturated rings. The van der Waals surface area contributed by atoms with Gasteiger partial charge in [-0.1, -0.05) is 38.1 Å². The molecule has 1 aromatic carbocycles. The Morgan fingerprint density at radius 2 is 2.12 bits per heavy atom. The van der Waals surface area contributed by atoms with Crippen LogP contribution >= 0.6 is 0 Å². The van der Waals surface area contributed by atoms with E-state index in [0.29, 0.717) is 0 Å². The number of fused-ring (bicyclic) bond motifs is 1. The molecule has 0 saturated carbocycles. The van der Waals surface area contributed by atoms with Gasteiger partial charge in [-0.15, -0.1) is 0 Å². The van der Waals surface area contributed by atoms with Gasteiger partial charge in [0.1, 0.15) is 0 Å². The molecule has 1 aliphatic heterocycles. The molecule has 5 nitrogen and oxygen atoms in total. The van der Waals surface area contributed by atoms with E-state index >= 15 is 0 Å². The molecule has 0 radical (unpaired) electrons. The molecule has 0 bridgehead atoms. The van der Waals surface area contributed by atoms with Gasteiger partial charge in [-0.25, -0.2) is 4.98 Å². The highest BCUT2D eigenvalue weighted by molar-refractivity contribution is 5.82. The van der Waals surface area contributed by atoms with E-state index in [9.17, 15) is 4.79 Å². The van der Waals surface area contributed by atoms with Crippen molar-refractivity contribution in [2.75, 3.05) is 13.1 Å². The molecule has 1 atom stereocenters. The van der Waals surface area contributed by atoms with Crippen LogP contribution in [0.4, 0.5) is 0 Å². The van der Waals surface area contributed by atoms with Gasteiger partial charge in [0.05, 0.1) is 12.4 Å². The topological polar surface area (TPSA) is 61.0 Å². The lowest BCUT2D eigenvalue weighted by Gasteiger charge is -2.33. The molecule has 2 aromatic rings. The minimum absolute atomic E-state index is 0.141. The number of nitrogens with one attached hydrogen (secondary N) is 2. The van der Waals surface area contributed by atoms with Crippen molar-refractivity contribution < 1.29 is 4.79 Å². The molecule has 1 amide bonds. The number of carbonyl (C=O) groups excluding carboxylic acids is 1. The quantitative estimate of drug-likeness (QED) is 0.855. The van der Waals surface area contributed by atoms with E-state index in [1.807, 2.05) is 11.1 Å². The summed E-state index contributed by atoms with van der Waals surface area (Å²) in [6, 6.07) is 8.28. The summed E-state index contributed by atoms with van der Waals surface area (Å²) in [6.45, 7) is 6.50. The molecule has 1 aliphatic rings. The molecule has 0 spiro atoms. The molecule has 24 heavy (non-hydrogen) atoms. The van der Waals surface area contributed by atoms with Crippen LogP contribution in [0.2, 0.25) is 0 Å². The van der Waals surface area contributed by atoms with Crippen molar-refractivity contribution in [1.29, 1.82) is 0 Å². The van der Waals surface area contributed by atoms with Crippen molar-refractivity contribution in [2.45, 2.75) is 39.3 Å². The lowest BCUT2D eigenvalue weighted by atomic mass is 9.97. The Balaban J connectivity index is 1.60. The molecule has 0 saturated heterocycles. The molecule has 0 aliphatic carbocycles. The number of hydrogen-bond donors (Lipinski definition) is 2. The van der Waals surface area contributed by atoms with E-state index in [4.69, 9.17) is 0 Å². The maximum absolute atomic E-state index is 13.0. The first-order chi connectivity index (χ1) is 11.6. The Kier molecular flexibility index (Phi) is 5.30. The van der Waals surface area contributed by atoms with Gasteiger partial charge in [0, 0.05) is 37.9 Å². The number of aromatic amines is 1. The van der Waals surface area contributed by atoms with Crippen molar-refractivity contribution in [3.8, 4) is 0 Å². The van der Waals surface area contributed by atoms with E-state index in [2.05, 4.69) is 53.4 Å². The van der Waals surface area contributed by atoms with Crippen molar-refractivity contribution in [1.82, 2.24) is 20.2 Å². The average Bonchev–Trinajstić information content (AvgIpc) is 3.11. The van der Waals surface area contributed by atoms with Gasteiger partial charge in [0.15, 0.2) is 0 Å². The summed E-state index contributed by atoms with van der Waals surface area (Å²) >= 11 is 0. The lowest BCUT2D eigenvalue weighted by molar-refractivity contribution is -0.135. The first-order valence-electron chi connectivity index (χ1n) is 8.71. The van der Waals surface area contributed by atoms with Crippen LogP contribution in [-0.2, 0) is 24.2 Å². The van der Waals surface area contributed by atoms with Gasteiger partial charge < -0.3 is 15.2 Å². The van der Waals surface area contributed by atoms with Crippen LogP contribution in [-0.4, -0.2) is 39.9 Å². The second kappa shape index (κ2) is 7.62. The highest BCUT2D eigenvalue weighted by Crippen LogP contribution is 2.20. The molecular weight excluding hydrogens is 300 g/mol. The minimum atomic E-state index is -0.141. The van der Waals surface area contributed by atoms with Gasteiger partial charge in [-0.2, -0.15) is 0 Å². The molecule has 1 unspecified atom stereocenters. The van der Waals surface area contributed by atoms with Crippen LogP contribution < -0.4 is 5.32 Å². The molecule has 2 N–H and O–H groups in total. The van der Waals surface area contributed by atoms with Crippen molar-refractivity contribution in [3.05, 3.63) is 53.6 Å². The van der Waals surface area contributed by atoms with Crippen LogP contribution in [0.15, 0.2) is 36.8 Å². The monoisotopic (exact) mass is 326 g/mol. The lowest BCUT2D eigenvalue weighted by Crippen LogP contribution is -2.51. The summed E-state index contributed by atoms with van der Waals surface area (Å²) in [5.74, 6) is 0.473. The van der Waals surface area contributed by atoms with Crippen LogP contribution in [0.5, 0.6) is 0 Å². The highest BCUT2D eigenvalue weighted by atomic mass is 16.2. The number of aromatic nitrogens is 2. The van der Waals surface area contributed by atoms with Gasteiger partial charge >= 0.3 is 0 Å². The first kappa shape index (κ1) is 16.7. The summed E-state index contributed by atoms with van der Waals surface area (Å²) in [5.41, 5.74) is 3.73. The van der Waals surface area contributed by atoms with Gasteiger partial charge in [-0.05, 0) is 23.5 Å². The second-order valence-corrected chi connectivity index (χ2v) is 6.78. The molecule has 5 heteroatoms. The standard InChI is InChI=1S/C19H26N4O/c1-14(2)18(21-9-7-17-11-20-13-22-17)19(24)23-10-8-15-5-3-4-6-16(15)12-23/h3-6,11,13-14,18,21H,7-10,12H2,1-2H3,(H,20,22). The van der Waals surface area contributed by atoms with E-state index in [0.717, 1.165) is 38.2 Å². The summed E-state index contributed by atoms with van der Waals surface area (Å²) in [6.07, 6.45) is 5.31. The third-order valence-corrected chi connectivity index (χ3v) is 4.69. The molecule has 128 valence electrons. The third-order valence-electron chi connectivity index (χ3n) is 4.69. The third kappa shape index (κ3) is 3.85. The summed E-state index contributed by atoms with van der Waals surface area (Å²) in [5, 5.41) is 3.44. The smallest absolute Gasteiger partial charge is 0.240 e. The number of imidazole rings is 1. The van der Waals surface area contributed by atoms with Crippen LogP contribution in [0.1, 0.15) is 30.7 Å². The fourth-order valence-corrected chi connectivity index (χ4v) is 3.27. The number of H-pyrrole nitrogens is 1. The van der Waals surface area contributed by atoms with Crippen LogP contribution in [0, 0.1) is 5.92 Å². The van der Waals surface area contributed by atoms with Gasteiger partial charge in [-0.3, -0.25) is 4.79 Å². The number of rotatable bonds is 6. The number of carbonyl (C=O) groups is 1. The number of amides is 1. The first-order valence-corrected chi connectivity index (χ1v) is 8.71. The zero-order chi connectivity index (χ0) is 16.9. The number of hydrogen-bond acceptors (Lipinski definition) is 3. The molecule has 2 heterocycles. The maximum atomic E-state index is 13.0. The number of benzene rings is 1. The fraction of sp³-hybridized carbons (Fsp3) is 0.474. The highest BCUT2D eigenvalue weighted by Gasteiger charge is 2.28. The number of nitrogens with zero attached hydrogens (tertiary/aromatic N) is 2. The molecule has 3 rings (SSSR count). The van der Waals surface area contributed by atoms with Gasteiger partial charge in [0.2, 0.25) is 5.91 Å². The predicted molar refractivity (Wildman–Crippen MR) is 94.5 cm³/mol. The summed E-state index contributed by atoms with van der Waals surface area (Å²) in [4.78, 5) is 22.1. The Morgan fingerprint density at radius 1 is 1.33 bits per heavy atom. The Hall–Kier alpha value is -2.14. The molecular formula is C19H26N4O. The van der Waals surface area contributed by atoms with Crippen molar-refractivity contribution in [2.24, 2.45) is 5.92 Å². The Bertz CT molecular complexity index is 666. The van der Waals surface area contributed by atoms with E-state index in [-0.39, 0.29) is 17.9 Å². The molecule has 1 aromatic heterocycles. The van der Waals surface area contributed by atoms with Crippen molar-refractivity contribution >= 4 is 5.91 Å². The fourth-order valence-electron chi connectivity index (χ4n) is 3.27. The second-order valence-electron chi connectivity index (χ2n) is 6.78. The summed E-state index contributed by atoms with van der Waals surface area (Å²) < 4.78 is 0. The van der Waals surface area contributed by atoms with Crippen LogP contribution in [0.25, 0.3) is 0 Å². The van der Waals surface area contributed by atoms with E-state index in [1.165, 1.54) is 11.1 Å². The SMILES string of the molecule is CC(C)C(NCCc1cnc[nH]1)C(=O)N1CCc2ccccc2C1. The maximum Gasteiger partial charge on any atom is 0.240 e. The van der Waals surface area contributed by atoms with Gasteiger partial charge in [0.25, 0.3) is 0 Å². The van der Waals surface area contributed by atoms with E-state index in [1.54, 1.807) is 6.33 Å². The largest absolute Gasteiger partial charge is 0.348 e. The van der Waals surface area contributed by atoms with Crippen LogP contribution in [0.3, 0.4) is 0 Å².